The first-order chi connectivity index (χ1) is 9.16. The van der Waals surface area contributed by atoms with Gasteiger partial charge in [0.05, 0.1) is 0 Å². The molecule has 1 aliphatic rings. The van der Waals surface area contributed by atoms with Gasteiger partial charge in [0.2, 0.25) is 5.91 Å². The fraction of sp³-hybridized carbons (Fsp3) is 0.562. The van der Waals surface area contributed by atoms with E-state index in [4.69, 9.17) is 0 Å². The third kappa shape index (κ3) is 3.98. The lowest BCUT2D eigenvalue weighted by Crippen LogP contribution is -2.31. The number of hydrogen-bond acceptors (Lipinski definition) is 2. The Balaban J connectivity index is 1.82. The zero-order chi connectivity index (χ0) is 13.7. The van der Waals surface area contributed by atoms with Gasteiger partial charge in [-0.3, -0.25) is 4.79 Å². The van der Waals surface area contributed by atoms with Crippen molar-refractivity contribution >= 4 is 11.6 Å². The molecule has 0 saturated heterocycles. The van der Waals surface area contributed by atoms with Crippen LogP contribution in [0.5, 0.6) is 0 Å². The van der Waals surface area contributed by atoms with Crippen molar-refractivity contribution in [3.05, 3.63) is 29.8 Å². The van der Waals surface area contributed by atoms with Gasteiger partial charge in [-0.2, -0.15) is 0 Å². The van der Waals surface area contributed by atoms with Crippen LogP contribution in [0, 0.1) is 5.92 Å². The van der Waals surface area contributed by atoms with Gasteiger partial charge in [0.1, 0.15) is 0 Å². The van der Waals surface area contributed by atoms with E-state index in [1.807, 2.05) is 14.1 Å². The number of carbonyl (C=O) groups is 1. The summed E-state index contributed by atoms with van der Waals surface area (Å²) in [5.41, 5.74) is 2.34. The summed E-state index contributed by atoms with van der Waals surface area (Å²) in [7, 11) is 4.06. The lowest BCUT2D eigenvalue weighted by molar-refractivity contribution is -0.126. The van der Waals surface area contributed by atoms with E-state index in [9.17, 15) is 4.79 Å². The highest BCUT2D eigenvalue weighted by Gasteiger charge is 2.20. The number of hydrogen-bond donors (Lipinski definition) is 1. The smallest absolute Gasteiger partial charge is 0.223 e. The van der Waals surface area contributed by atoms with E-state index in [0.717, 1.165) is 18.4 Å². The largest absolute Gasteiger partial charge is 0.378 e. The van der Waals surface area contributed by atoms with Gasteiger partial charge in [0.25, 0.3) is 0 Å². The summed E-state index contributed by atoms with van der Waals surface area (Å²) in [5.74, 6) is 0.478. The van der Waals surface area contributed by atoms with Gasteiger partial charge in [-0.1, -0.05) is 31.4 Å². The number of benzene rings is 1. The summed E-state index contributed by atoms with van der Waals surface area (Å²) in [6.07, 6.45) is 5.82. The first-order valence-corrected chi connectivity index (χ1v) is 7.21. The molecular weight excluding hydrogens is 236 g/mol. The zero-order valence-electron chi connectivity index (χ0n) is 12.0. The van der Waals surface area contributed by atoms with Gasteiger partial charge < -0.3 is 10.2 Å². The topological polar surface area (TPSA) is 32.3 Å². The van der Waals surface area contributed by atoms with Gasteiger partial charge in [-0.05, 0) is 30.5 Å². The number of amides is 1. The Morgan fingerprint density at radius 3 is 2.37 bits per heavy atom. The van der Waals surface area contributed by atoms with Crippen LogP contribution in [0.3, 0.4) is 0 Å². The molecule has 0 atom stereocenters. The molecule has 1 aromatic rings. The Hall–Kier alpha value is -1.51. The SMILES string of the molecule is CN(C)c1ccc(CNC(=O)C2CCCCC2)cc1. The summed E-state index contributed by atoms with van der Waals surface area (Å²) in [6, 6.07) is 8.33. The van der Waals surface area contributed by atoms with Crippen molar-refractivity contribution in [2.24, 2.45) is 5.92 Å². The van der Waals surface area contributed by atoms with E-state index in [1.165, 1.54) is 24.9 Å². The first-order valence-electron chi connectivity index (χ1n) is 7.21. The fourth-order valence-electron chi connectivity index (χ4n) is 2.61. The van der Waals surface area contributed by atoms with Crippen molar-refractivity contribution in [2.45, 2.75) is 38.6 Å². The summed E-state index contributed by atoms with van der Waals surface area (Å²) in [6.45, 7) is 0.642. The van der Waals surface area contributed by atoms with Crippen LogP contribution >= 0.6 is 0 Å². The maximum absolute atomic E-state index is 12.0. The van der Waals surface area contributed by atoms with Crippen LogP contribution in [0.4, 0.5) is 5.69 Å². The van der Waals surface area contributed by atoms with Crippen molar-refractivity contribution in [1.29, 1.82) is 0 Å². The Morgan fingerprint density at radius 1 is 1.16 bits per heavy atom. The molecule has 19 heavy (non-hydrogen) atoms. The van der Waals surface area contributed by atoms with E-state index >= 15 is 0 Å². The third-order valence-corrected chi connectivity index (χ3v) is 3.90. The maximum Gasteiger partial charge on any atom is 0.223 e. The van der Waals surface area contributed by atoms with Crippen LogP contribution in [0.2, 0.25) is 0 Å². The summed E-state index contributed by atoms with van der Waals surface area (Å²) >= 11 is 0. The first kappa shape index (κ1) is 13.9. The van der Waals surface area contributed by atoms with E-state index < -0.39 is 0 Å². The molecule has 2 rings (SSSR count). The van der Waals surface area contributed by atoms with Crippen LogP contribution in [0.1, 0.15) is 37.7 Å². The average Bonchev–Trinajstić information content (AvgIpc) is 2.46. The molecule has 1 aliphatic carbocycles. The molecule has 0 aromatic heterocycles. The second-order valence-electron chi connectivity index (χ2n) is 5.61. The molecule has 0 heterocycles. The molecule has 1 fully saturated rings. The van der Waals surface area contributed by atoms with Gasteiger partial charge in [-0.25, -0.2) is 0 Å². The quantitative estimate of drug-likeness (QED) is 0.902. The second-order valence-corrected chi connectivity index (χ2v) is 5.61. The summed E-state index contributed by atoms with van der Waals surface area (Å²) in [5, 5.41) is 3.06. The van der Waals surface area contributed by atoms with Gasteiger partial charge >= 0.3 is 0 Å². The van der Waals surface area contributed by atoms with Crippen LogP contribution < -0.4 is 10.2 Å². The molecule has 0 spiro atoms. The molecule has 0 radical (unpaired) electrons. The highest BCUT2D eigenvalue weighted by atomic mass is 16.1. The predicted molar refractivity (Wildman–Crippen MR) is 79.2 cm³/mol. The molecule has 1 saturated carbocycles. The molecule has 3 heteroatoms. The van der Waals surface area contributed by atoms with E-state index in [2.05, 4.69) is 34.5 Å². The Bertz CT molecular complexity index is 405. The molecule has 104 valence electrons. The number of carbonyl (C=O) groups excluding carboxylic acids is 1. The molecule has 0 aliphatic heterocycles. The predicted octanol–water partition coefficient (Wildman–Crippen LogP) is 2.95. The third-order valence-electron chi connectivity index (χ3n) is 3.90. The van der Waals surface area contributed by atoms with Crippen LogP contribution in [-0.2, 0) is 11.3 Å². The maximum atomic E-state index is 12.0. The van der Waals surface area contributed by atoms with Crippen molar-refractivity contribution in [3.63, 3.8) is 0 Å². The molecule has 1 aromatic carbocycles. The Kier molecular flexibility index (Phi) is 4.83. The standard InChI is InChI=1S/C16H24N2O/c1-18(2)15-10-8-13(9-11-15)12-17-16(19)14-6-4-3-5-7-14/h8-11,14H,3-7,12H2,1-2H3,(H,17,19). The lowest BCUT2D eigenvalue weighted by Gasteiger charge is -2.20. The van der Waals surface area contributed by atoms with Gasteiger partial charge in [0.15, 0.2) is 0 Å². The monoisotopic (exact) mass is 260 g/mol. The zero-order valence-corrected chi connectivity index (χ0v) is 12.0. The van der Waals surface area contributed by atoms with Gasteiger partial charge in [-0.15, -0.1) is 0 Å². The van der Waals surface area contributed by atoms with E-state index in [1.54, 1.807) is 0 Å². The molecule has 3 nitrogen and oxygen atoms in total. The molecule has 0 bridgehead atoms. The van der Waals surface area contributed by atoms with Crippen molar-refractivity contribution in [1.82, 2.24) is 5.32 Å². The summed E-state index contributed by atoms with van der Waals surface area (Å²) in [4.78, 5) is 14.1. The number of nitrogens with zero attached hydrogens (tertiary/aromatic N) is 1. The van der Waals surface area contributed by atoms with Gasteiger partial charge in [0, 0.05) is 32.2 Å². The molecular formula is C16H24N2O. The molecule has 0 unspecified atom stereocenters. The van der Waals surface area contributed by atoms with Crippen molar-refractivity contribution < 1.29 is 4.79 Å². The molecule has 1 N–H and O–H groups in total. The minimum Gasteiger partial charge on any atom is -0.378 e. The van der Waals surface area contributed by atoms with Crippen LogP contribution in [-0.4, -0.2) is 20.0 Å². The van der Waals surface area contributed by atoms with Crippen LogP contribution in [0.25, 0.3) is 0 Å². The van der Waals surface area contributed by atoms with Crippen molar-refractivity contribution in [3.8, 4) is 0 Å². The Morgan fingerprint density at radius 2 is 1.79 bits per heavy atom. The normalized spacial score (nSPS) is 16.1. The number of nitrogens with one attached hydrogen (secondary N) is 1. The molecule has 1 amide bonds. The average molecular weight is 260 g/mol. The highest BCUT2D eigenvalue weighted by Crippen LogP contribution is 2.23. The lowest BCUT2D eigenvalue weighted by atomic mass is 9.88. The highest BCUT2D eigenvalue weighted by molar-refractivity contribution is 5.78. The van der Waals surface area contributed by atoms with E-state index in [-0.39, 0.29) is 11.8 Å². The minimum absolute atomic E-state index is 0.233. The second kappa shape index (κ2) is 6.60. The van der Waals surface area contributed by atoms with E-state index in [0.29, 0.717) is 6.54 Å². The van der Waals surface area contributed by atoms with Crippen molar-refractivity contribution in [2.75, 3.05) is 19.0 Å². The van der Waals surface area contributed by atoms with Crippen LogP contribution in [0.15, 0.2) is 24.3 Å². The fourth-order valence-corrected chi connectivity index (χ4v) is 2.61. The number of rotatable bonds is 4. The summed E-state index contributed by atoms with van der Waals surface area (Å²) < 4.78 is 0. The minimum atomic E-state index is 0.233. The Labute approximate surface area is 116 Å². The number of anilines is 1.